The Labute approximate surface area is 123 Å². The zero-order valence-electron chi connectivity index (χ0n) is 12.3. The Morgan fingerprint density at radius 2 is 2.00 bits per heavy atom. The first-order chi connectivity index (χ1) is 9.02. The molecule has 0 saturated heterocycles. The maximum atomic E-state index is 4.77. The van der Waals surface area contributed by atoms with Gasteiger partial charge in [0.1, 0.15) is 5.01 Å². The van der Waals surface area contributed by atoms with Gasteiger partial charge < -0.3 is 5.32 Å². The van der Waals surface area contributed by atoms with E-state index in [0.717, 1.165) is 13.0 Å². The van der Waals surface area contributed by atoms with E-state index >= 15 is 0 Å². The molecule has 104 valence electrons. The molecule has 0 saturated carbocycles. The summed E-state index contributed by atoms with van der Waals surface area (Å²) < 4.78 is 0. The van der Waals surface area contributed by atoms with Gasteiger partial charge in [0.25, 0.3) is 0 Å². The zero-order valence-corrected chi connectivity index (χ0v) is 14.0. The molecule has 1 atom stereocenters. The summed E-state index contributed by atoms with van der Waals surface area (Å²) in [7, 11) is 0. The van der Waals surface area contributed by atoms with Gasteiger partial charge in [0, 0.05) is 26.2 Å². The standard InChI is InChI=1S/C15H22N2S2/c1-6-7-16-10(3)14-11(4)17-15(19-14)13-8-9(2)18-12(13)5/h8,10,16H,6-7H2,1-5H3. The third-order valence-corrected chi connectivity index (χ3v) is 5.54. The fourth-order valence-electron chi connectivity index (χ4n) is 2.22. The van der Waals surface area contributed by atoms with Crippen LogP contribution in [0.2, 0.25) is 0 Å². The van der Waals surface area contributed by atoms with Crippen molar-refractivity contribution in [3.63, 3.8) is 0 Å². The van der Waals surface area contributed by atoms with Gasteiger partial charge in [-0.1, -0.05) is 6.92 Å². The molecule has 0 aliphatic carbocycles. The lowest BCUT2D eigenvalue weighted by atomic mass is 10.2. The van der Waals surface area contributed by atoms with Crippen molar-refractivity contribution in [1.82, 2.24) is 10.3 Å². The molecule has 2 nitrogen and oxygen atoms in total. The van der Waals surface area contributed by atoms with E-state index in [0.29, 0.717) is 6.04 Å². The predicted molar refractivity (Wildman–Crippen MR) is 86.3 cm³/mol. The minimum Gasteiger partial charge on any atom is -0.309 e. The Hall–Kier alpha value is -0.710. The number of nitrogens with zero attached hydrogens (tertiary/aromatic N) is 1. The monoisotopic (exact) mass is 294 g/mol. The van der Waals surface area contributed by atoms with Crippen LogP contribution < -0.4 is 5.32 Å². The van der Waals surface area contributed by atoms with Gasteiger partial charge in [0.15, 0.2) is 0 Å². The topological polar surface area (TPSA) is 24.9 Å². The second-order valence-electron chi connectivity index (χ2n) is 4.97. The highest BCUT2D eigenvalue weighted by Gasteiger charge is 2.16. The lowest BCUT2D eigenvalue weighted by molar-refractivity contribution is 0.575. The largest absolute Gasteiger partial charge is 0.309 e. The van der Waals surface area contributed by atoms with Gasteiger partial charge in [0.05, 0.1) is 5.69 Å². The van der Waals surface area contributed by atoms with Crippen LogP contribution in [0.25, 0.3) is 10.6 Å². The van der Waals surface area contributed by atoms with Gasteiger partial charge >= 0.3 is 0 Å². The number of thiophene rings is 1. The van der Waals surface area contributed by atoms with E-state index in [1.165, 1.54) is 30.9 Å². The maximum Gasteiger partial charge on any atom is 0.125 e. The quantitative estimate of drug-likeness (QED) is 0.852. The molecule has 0 bridgehead atoms. The Morgan fingerprint density at radius 1 is 1.26 bits per heavy atom. The lowest BCUT2D eigenvalue weighted by Gasteiger charge is -2.11. The molecule has 1 N–H and O–H groups in total. The van der Waals surface area contributed by atoms with Crippen LogP contribution >= 0.6 is 22.7 Å². The molecule has 19 heavy (non-hydrogen) atoms. The molecule has 0 fully saturated rings. The van der Waals surface area contributed by atoms with Gasteiger partial charge in [0.2, 0.25) is 0 Å². The molecule has 0 amide bonds. The van der Waals surface area contributed by atoms with Crippen LogP contribution in [0.4, 0.5) is 0 Å². The summed E-state index contributed by atoms with van der Waals surface area (Å²) in [5, 5.41) is 4.71. The summed E-state index contributed by atoms with van der Waals surface area (Å²) in [4.78, 5) is 8.86. The molecule has 2 rings (SSSR count). The van der Waals surface area contributed by atoms with E-state index < -0.39 is 0 Å². The average Bonchev–Trinajstić information content (AvgIpc) is 2.89. The van der Waals surface area contributed by atoms with Crippen molar-refractivity contribution in [3.05, 3.63) is 26.4 Å². The van der Waals surface area contributed by atoms with Gasteiger partial charge in [-0.05, 0) is 46.7 Å². The number of nitrogens with one attached hydrogen (secondary N) is 1. The smallest absolute Gasteiger partial charge is 0.125 e. The van der Waals surface area contributed by atoms with Crippen LogP contribution in [0.1, 0.15) is 46.6 Å². The SMILES string of the molecule is CCCNC(C)c1sc(-c2cc(C)sc2C)nc1C. The van der Waals surface area contributed by atoms with Crippen LogP contribution in [0.5, 0.6) is 0 Å². The van der Waals surface area contributed by atoms with Crippen LogP contribution in [-0.4, -0.2) is 11.5 Å². The minimum atomic E-state index is 0.395. The number of hydrogen-bond donors (Lipinski definition) is 1. The molecule has 0 aromatic carbocycles. The second kappa shape index (κ2) is 6.16. The number of aryl methyl sites for hydroxylation is 3. The molecule has 0 spiro atoms. The first-order valence-electron chi connectivity index (χ1n) is 6.81. The molecule has 4 heteroatoms. The summed E-state index contributed by atoms with van der Waals surface area (Å²) in [6.45, 7) is 11.9. The highest BCUT2D eigenvalue weighted by atomic mass is 32.1. The van der Waals surface area contributed by atoms with E-state index in [9.17, 15) is 0 Å². The molecule has 1 unspecified atom stereocenters. The summed E-state index contributed by atoms with van der Waals surface area (Å²) in [6, 6.07) is 2.65. The minimum absolute atomic E-state index is 0.395. The molecule has 0 aliphatic heterocycles. The molecule has 2 aromatic heterocycles. The van der Waals surface area contributed by atoms with Crippen molar-refractivity contribution >= 4 is 22.7 Å². The molecule has 0 radical (unpaired) electrons. The van der Waals surface area contributed by atoms with Gasteiger partial charge in [-0.25, -0.2) is 4.98 Å². The van der Waals surface area contributed by atoms with Crippen LogP contribution in [0.15, 0.2) is 6.07 Å². The normalized spacial score (nSPS) is 12.9. The van der Waals surface area contributed by atoms with Crippen LogP contribution in [-0.2, 0) is 0 Å². The summed E-state index contributed by atoms with van der Waals surface area (Å²) in [6.07, 6.45) is 1.16. The fraction of sp³-hybridized carbons (Fsp3) is 0.533. The molecule has 2 heterocycles. The van der Waals surface area contributed by atoms with E-state index in [1.54, 1.807) is 0 Å². The Balaban J connectivity index is 2.28. The van der Waals surface area contributed by atoms with Crippen LogP contribution in [0.3, 0.4) is 0 Å². The zero-order chi connectivity index (χ0) is 14.0. The van der Waals surface area contributed by atoms with Crippen molar-refractivity contribution in [2.24, 2.45) is 0 Å². The second-order valence-corrected chi connectivity index (χ2v) is 7.46. The number of rotatable bonds is 5. The van der Waals surface area contributed by atoms with Gasteiger partial charge in [-0.2, -0.15) is 0 Å². The highest BCUT2D eigenvalue weighted by molar-refractivity contribution is 7.16. The first-order valence-corrected chi connectivity index (χ1v) is 8.44. The predicted octanol–water partition coefficient (Wildman–Crippen LogP) is 4.86. The van der Waals surface area contributed by atoms with Crippen molar-refractivity contribution in [2.75, 3.05) is 6.54 Å². The summed E-state index contributed by atoms with van der Waals surface area (Å²) >= 11 is 3.68. The Morgan fingerprint density at radius 3 is 2.58 bits per heavy atom. The molecular formula is C15H22N2S2. The average molecular weight is 294 g/mol. The van der Waals surface area contributed by atoms with E-state index in [1.807, 2.05) is 22.7 Å². The molecule has 0 aliphatic rings. The van der Waals surface area contributed by atoms with E-state index in [-0.39, 0.29) is 0 Å². The Bertz CT molecular complexity index is 554. The number of thiazole rings is 1. The fourth-order valence-corrected chi connectivity index (χ4v) is 4.38. The van der Waals surface area contributed by atoms with Crippen molar-refractivity contribution in [3.8, 4) is 10.6 Å². The third kappa shape index (κ3) is 3.25. The summed E-state index contributed by atoms with van der Waals surface area (Å²) in [5.74, 6) is 0. The van der Waals surface area contributed by atoms with Crippen molar-refractivity contribution < 1.29 is 0 Å². The van der Waals surface area contributed by atoms with E-state index in [2.05, 4.69) is 46.0 Å². The Kier molecular flexibility index (Phi) is 4.76. The van der Waals surface area contributed by atoms with Gasteiger partial charge in [-0.3, -0.25) is 0 Å². The highest BCUT2D eigenvalue weighted by Crippen LogP contribution is 2.36. The van der Waals surface area contributed by atoms with Crippen LogP contribution in [0, 0.1) is 20.8 Å². The summed E-state index contributed by atoms with van der Waals surface area (Å²) in [5.41, 5.74) is 2.48. The lowest BCUT2D eigenvalue weighted by Crippen LogP contribution is -2.18. The van der Waals surface area contributed by atoms with Crippen molar-refractivity contribution in [2.45, 2.75) is 47.1 Å². The number of hydrogen-bond acceptors (Lipinski definition) is 4. The first kappa shape index (κ1) is 14.7. The van der Waals surface area contributed by atoms with Gasteiger partial charge in [-0.15, -0.1) is 22.7 Å². The van der Waals surface area contributed by atoms with E-state index in [4.69, 9.17) is 4.98 Å². The van der Waals surface area contributed by atoms with Crippen molar-refractivity contribution in [1.29, 1.82) is 0 Å². The molecular weight excluding hydrogens is 272 g/mol. The number of aromatic nitrogens is 1. The molecule has 2 aromatic rings. The third-order valence-electron chi connectivity index (χ3n) is 3.20. The maximum absolute atomic E-state index is 4.77.